The van der Waals surface area contributed by atoms with Gasteiger partial charge in [-0.25, -0.2) is 0 Å². The van der Waals surface area contributed by atoms with Gasteiger partial charge in [-0.1, -0.05) is 6.07 Å². The molecule has 6 heteroatoms. The van der Waals surface area contributed by atoms with Crippen LogP contribution in [0.25, 0.3) is 0 Å². The fraction of sp³-hybridized carbons (Fsp3) is 0.417. The SMILES string of the molecule is N[C@@H]1CCN(C(=O)c2cccc(OC(F)F)c2)C1. The molecular weight excluding hydrogens is 242 g/mol. The van der Waals surface area contributed by atoms with Crippen molar-refractivity contribution in [3.63, 3.8) is 0 Å². The average molecular weight is 256 g/mol. The van der Waals surface area contributed by atoms with Gasteiger partial charge in [0.15, 0.2) is 0 Å². The molecule has 1 fully saturated rings. The minimum Gasteiger partial charge on any atom is -0.435 e. The summed E-state index contributed by atoms with van der Waals surface area (Å²) < 4.78 is 28.4. The third-order valence-electron chi connectivity index (χ3n) is 2.82. The van der Waals surface area contributed by atoms with Crippen LogP contribution in [-0.2, 0) is 0 Å². The smallest absolute Gasteiger partial charge is 0.387 e. The molecule has 4 nitrogen and oxygen atoms in total. The number of likely N-dealkylation sites (tertiary alicyclic amines) is 1. The van der Waals surface area contributed by atoms with Crippen LogP contribution in [-0.4, -0.2) is 36.5 Å². The Labute approximate surface area is 103 Å². The van der Waals surface area contributed by atoms with Gasteiger partial charge in [-0.05, 0) is 24.6 Å². The van der Waals surface area contributed by atoms with Gasteiger partial charge in [-0.15, -0.1) is 0 Å². The molecule has 1 amide bonds. The van der Waals surface area contributed by atoms with Crippen molar-refractivity contribution in [2.75, 3.05) is 13.1 Å². The van der Waals surface area contributed by atoms with E-state index in [-0.39, 0.29) is 17.7 Å². The largest absolute Gasteiger partial charge is 0.435 e. The minimum absolute atomic E-state index is 0.00514. The Bertz CT molecular complexity index is 440. The van der Waals surface area contributed by atoms with E-state index < -0.39 is 6.61 Å². The molecule has 1 aromatic rings. The number of carbonyl (C=O) groups excluding carboxylic acids is 1. The van der Waals surface area contributed by atoms with Crippen LogP contribution in [0.15, 0.2) is 24.3 Å². The molecule has 0 aromatic heterocycles. The zero-order valence-electron chi connectivity index (χ0n) is 9.68. The number of ether oxygens (including phenoxy) is 1. The van der Waals surface area contributed by atoms with E-state index in [1.54, 1.807) is 11.0 Å². The standard InChI is InChI=1S/C12H14F2N2O2/c13-12(14)18-10-3-1-2-8(6-10)11(17)16-5-4-9(15)7-16/h1-3,6,9,12H,4-5,7,15H2/t9-/m1/s1. The molecule has 0 bridgehead atoms. The zero-order valence-corrected chi connectivity index (χ0v) is 9.68. The third kappa shape index (κ3) is 2.95. The Morgan fingerprint density at radius 1 is 1.50 bits per heavy atom. The first-order chi connectivity index (χ1) is 8.56. The monoisotopic (exact) mass is 256 g/mol. The third-order valence-corrected chi connectivity index (χ3v) is 2.82. The lowest BCUT2D eigenvalue weighted by Crippen LogP contribution is -2.31. The molecule has 2 N–H and O–H groups in total. The minimum atomic E-state index is -2.89. The molecule has 1 atom stereocenters. The van der Waals surface area contributed by atoms with Crippen molar-refractivity contribution in [2.45, 2.75) is 19.1 Å². The second kappa shape index (κ2) is 5.30. The lowest BCUT2D eigenvalue weighted by atomic mass is 10.2. The van der Waals surface area contributed by atoms with Crippen LogP contribution in [0.4, 0.5) is 8.78 Å². The van der Waals surface area contributed by atoms with E-state index in [2.05, 4.69) is 4.74 Å². The maximum absolute atomic E-state index is 12.1. The van der Waals surface area contributed by atoms with Gasteiger partial charge in [0.2, 0.25) is 0 Å². The number of benzene rings is 1. The molecular formula is C12H14F2N2O2. The number of hydrogen-bond donors (Lipinski definition) is 1. The molecule has 0 unspecified atom stereocenters. The topological polar surface area (TPSA) is 55.6 Å². The number of amides is 1. The number of nitrogens with zero attached hydrogens (tertiary/aromatic N) is 1. The van der Waals surface area contributed by atoms with Gasteiger partial charge in [0.05, 0.1) is 0 Å². The molecule has 0 spiro atoms. The molecule has 0 saturated carbocycles. The predicted octanol–water partition coefficient (Wildman–Crippen LogP) is 1.46. The van der Waals surface area contributed by atoms with E-state index in [4.69, 9.17) is 5.73 Å². The van der Waals surface area contributed by atoms with Crippen molar-refractivity contribution in [1.29, 1.82) is 0 Å². The van der Waals surface area contributed by atoms with Crippen LogP contribution >= 0.6 is 0 Å². The van der Waals surface area contributed by atoms with Crippen LogP contribution < -0.4 is 10.5 Å². The van der Waals surface area contributed by atoms with Gasteiger partial charge >= 0.3 is 6.61 Å². The number of hydrogen-bond acceptors (Lipinski definition) is 3. The van der Waals surface area contributed by atoms with Crippen LogP contribution in [0.1, 0.15) is 16.8 Å². The summed E-state index contributed by atoms with van der Waals surface area (Å²) in [4.78, 5) is 13.7. The van der Waals surface area contributed by atoms with Crippen molar-refractivity contribution >= 4 is 5.91 Å². The van der Waals surface area contributed by atoms with Crippen molar-refractivity contribution in [1.82, 2.24) is 4.90 Å². The van der Waals surface area contributed by atoms with E-state index in [1.165, 1.54) is 18.2 Å². The highest BCUT2D eigenvalue weighted by atomic mass is 19.3. The molecule has 1 heterocycles. The lowest BCUT2D eigenvalue weighted by molar-refractivity contribution is -0.0499. The molecule has 98 valence electrons. The van der Waals surface area contributed by atoms with Crippen molar-refractivity contribution in [3.05, 3.63) is 29.8 Å². The van der Waals surface area contributed by atoms with Crippen LogP contribution in [0, 0.1) is 0 Å². The van der Waals surface area contributed by atoms with Gasteiger partial charge in [-0.2, -0.15) is 8.78 Å². The molecule has 2 rings (SSSR count). The summed E-state index contributed by atoms with van der Waals surface area (Å²) >= 11 is 0. The second-order valence-electron chi connectivity index (χ2n) is 4.21. The van der Waals surface area contributed by atoms with Gasteiger partial charge in [0.1, 0.15) is 5.75 Å². The highest BCUT2D eigenvalue weighted by molar-refractivity contribution is 5.94. The average Bonchev–Trinajstić information content (AvgIpc) is 2.74. The fourth-order valence-corrected chi connectivity index (χ4v) is 1.96. The van der Waals surface area contributed by atoms with Crippen molar-refractivity contribution in [2.24, 2.45) is 5.73 Å². The summed E-state index contributed by atoms with van der Waals surface area (Å²) in [6.07, 6.45) is 0.763. The Morgan fingerprint density at radius 2 is 2.28 bits per heavy atom. The van der Waals surface area contributed by atoms with Crippen molar-refractivity contribution in [3.8, 4) is 5.75 Å². The lowest BCUT2D eigenvalue weighted by Gasteiger charge is -2.16. The maximum atomic E-state index is 12.1. The number of nitrogens with two attached hydrogens (primary N) is 1. The van der Waals surface area contributed by atoms with Crippen molar-refractivity contribution < 1.29 is 18.3 Å². The molecule has 18 heavy (non-hydrogen) atoms. The summed E-state index contributed by atoms with van der Waals surface area (Å²) in [7, 11) is 0. The molecule has 0 radical (unpaired) electrons. The quantitative estimate of drug-likeness (QED) is 0.890. The molecule has 1 saturated heterocycles. The Kier molecular flexibility index (Phi) is 3.76. The Balaban J connectivity index is 2.10. The van der Waals surface area contributed by atoms with Gasteiger partial charge in [-0.3, -0.25) is 4.79 Å². The van der Waals surface area contributed by atoms with Crippen LogP contribution in [0.5, 0.6) is 5.75 Å². The van der Waals surface area contributed by atoms with E-state index in [0.29, 0.717) is 18.7 Å². The van der Waals surface area contributed by atoms with E-state index in [9.17, 15) is 13.6 Å². The number of alkyl halides is 2. The summed E-state index contributed by atoms with van der Waals surface area (Å²) in [6.45, 7) is -1.80. The summed E-state index contributed by atoms with van der Waals surface area (Å²) in [5.74, 6) is -0.220. The van der Waals surface area contributed by atoms with E-state index >= 15 is 0 Å². The fourth-order valence-electron chi connectivity index (χ4n) is 1.96. The van der Waals surface area contributed by atoms with Gasteiger partial charge < -0.3 is 15.4 Å². The first-order valence-corrected chi connectivity index (χ1v) is 5.66. The number of halogens is 2. The highest BCUT2D eigenvalue weighted by Gasteiger charge is 2.24. The summed E-state index contributed by atoms with van der Waals surface area (Å²) in [5, 5.41) is 0. The molecule has 1 aromatic carbocycles. The predicted molar refractivity (Wildman–Crippen MR) is 61.6 cm³/mol. The zero-order chi connectivity index (χ0) is 13.1. The first-order valence-electron chi connectivity index (χ1n) is 5.66. The van der Waals surface area contributed by atoms with E-state index in [1.807, 2.05) is 0 Å². The second-order valence-corrected chi connectivity index (χ2v) is 4.21. The number of carbonyl (C=O) groups is 1. The van der Waals surface area contributed by atoms with Gasteiger partial charge in [0.25, 0.3) is 5.91 Å². The summed E-state index contributed by atoms with van der Waals surface area (Å²) in [5.41, 5.74) is 6.05. The molecule has 1 aliphatic rings. The van der Waals surface area contributed by atoms with E-state index in [0.717, 1.165) is 6.42 Å². The Hall–Kier alpha value is -1.69. The molecule has 1 aliphatic heterocycles. The Morgan fingerprint density at radius 3 is 2.89 bits per heavy atom. The normalized spacial score (nSPS) is 19.3. The number of rotatable bonds is 3. The van der Waals surface area contributed by atoms with Crippen LogP contribution in [0.3, 0.4) is 0 Å². The van der Waals surface area contributed by atoms with Crippen LogP contribution in [0.2, 0.25) is 0 Å². The van der Waals surface area contributed by atoms with Gasteiger partial charge in [0, 0.05) is 24.7 Å². The molecule has 0 aliphatic carbocycles. The highest BCUT2D eigenvalue weighted by Crippen LogP contribution is 2.19. The first kappa shape index (κ1) is 12.8. The summed E-state index contributed by atoms with van der Waals surface area (Å²) in [6, 6.07) is 5.79. The maximum Gasteiger partial charge on any atom is 0.387 e.